The van der Waals surface area contributed by atoms with Gasteiger partial charge in [0.2, 0.25) is 5.91 Å². The number of hydrogen-bond donors (Lipinski definition) is 6. The fourth-order valence-corrected chi connectivity index (χ4v) is 7.27. The van der Waals surface area contributed by atoms with Crippen LogP contribution in [0.3, 0.4) is 0 Å². The van der Waals surface area contributed by atoms with Gasteiger partial charge in [-0.05, 0) is 44.1 Å². The molecule has 0 spiro atoms. The number of H-pyrrole nitrogens is 1. The zero-order valence-electron chi connectivity index (χ0n) is 25.6. The van der Waals surface area contributed by atoms with Crippen molar-refractivity contribution in [2.45, 2.75) is 103 Å². The molecule has 3 aliphatic rings. The van der Waals surface area contributed by atoms with Crippen molar-refractivity contribution in [3.05, 3.63) is 39.5 Å². The Bertz CT molecular complexity index is 1270. The molecule has 0 radical (unpaired) electrons. The molecule has 7 unspecified atom stereocenters. The van der Waals surface area contributed by atoms with Gasteiger partial charge in [-0.1, -0.05) is 65.9 Å². The van der Waals surface area contributed by atoms with Crippen LogP contribution in [0.25, 0.3) is 10.6 Å². The number of carbonyl (C=O) groups is 2. The van der Waals surface area contributed by atoms with E-state index in [-0.39, 0.29) is 42.1 Å². The van der Waals surface area contributed by atoms with E-state index in [1.165, 1.54) is 33.7 Å². The van der Waals surface area contributed by atoms with Gasteiger partial charge >= 0.3 is 5.97 Å². The number of rotatable bonds is 17. The highest BCUT2D eigenvalue weighted by molar-refractivity contribution is 7.70. The van der Waals surface area contributed by atoms with Gasteiger partial charge in [0.25, 0.3) is 5.56 Å². The number of anilines is 1. The van der Waals surface area contributed by atoms with E-state index in [2.05, 4.69) is 10.3 Å². The van der Waals surface area contributed by atoms with E-state index in [0.717, 1.165) is 29.8 Å². The molecule has 1 saturated heterocycles. The molecule has 44 heavy (non-hydrogen) atoms. The number of fused-ring (bicyclic) bond motifs is 1. The smallest absolute Gasteiger partial charge is 0.330 e. The predicted octanol–water partition coefficient (Wildman–Crippen LogP) is 3.82. The first-order valence-electron chi connectivity index (χ1n) is 15.3. The number of aromatic nitrogens is 1. The summed E-state index contributed by atoms with van der Waals surface area (Å²) < 4.78 is 10.9. The minimum atomic E-state index is -1.34. The van der Waals surface area contributed by atoms with Crippen molar-refractivity contribution in [3.63, 3.8) is 0 Å². The molecule has 11 nitrogen and oxygen atoms in total. The minimum absolute atomic E-state index is 0.0247. The Morgan fingerprint density at radius 2 is 1.91 bits per heavy atom. The first kappa shape index (κ1) is 36.1. The lowest BCUT2D eigenvalue weighted by Gasteiger charge is -2.39. The number of ether oxygens (including phenoxy) is 2. The Labute approximate surface area is 265 Å². The maximum absolute atomic E-state index is 12.3. The van der Waals surface area contributed by atoms with Crippen LogP contribution >= 0.6 is 20.7 Å². The van der Waals surface area contributed by atoms with Crippen LogP contribution in [0.5, 0.6) is 0 Å². The van der Waals surface area contributed by atoms with E-state index in [4.69, 9.17) is 9.47 Å². The lowest BCUT2D eigenvalue weighted by Crippen LogP contribution is -2.54. The molecule has 1 fully saturated rings. The van der Waals surface area contributed by atoms with Crippen LogP contribution in [0.1, 0.15) is 72.1 Å². The van der Waals surface area contributed by atoms with E-state index in [0.29, 0.717) is 37.8 Å². The molecule has 6 N–H and O–H groups in total. The highest BCUT2D eigenvalue weighted by Gasteiger charge is 2.41. The van der Waals surface area contributed by atoms with Gasteiger partial charge in [-0.15, -0.1) is 0 Å². The van der Waals surface area contributed by atoms with Crippen LogP contribution < -0.4 is 10.9 Å². The van der Waals surface area contributed by atoms with Gasteiger partial charge in [-0.25, -0.2) is 4.79 Å². The molecule has 1 amide bonds. The molecule has 0 aromatic carbocycles. The van der Waals surface area contributed by atoms with Gasteiger partial charge in [0.05, 0.1) is 36.0 Å². The third-order valence-electron chi connectivity index (χ3n) is 8.00. The van der Waals surface area contributed by atoms with Crippen LogP contribution in [0.4, 0.5) is 5.69 Å². The third-order valence-corrected chi connectivity index (χ3v) is 10.1. The number of unbranched alkanes of at least 4 members (excludes halogenated alkanes) is 4. The average molecular weight is 655 g/mol. The Morgan fingerprint density at radius 3 is 2.66 bits per heavy atom. The van der Waals surface area contributed by atoms with Crippen LogP contribution in [0.2, 0.25) is 0 Å². The molecule has 0 bridgehead atoms. The predicted molar refractivity (Wildman–Crippen MR) is 171 cm³/mol. The van der Waals surface area contributed by atoms with Crippen molar-refractivity contribution >= 4 is 38.2 Å². The molecular formula is C31H46N2O9S2. The van der Waals surface area contributed by atoms with Crippen molar-refractivity contribution in [3.8, 4) is 10.6 Å². The molecule has 3 heterocycles. The molecule has 13 heteroatoms. The molecule has 7 atom stereocenters. The molecule has 0 aliphatic carbocycles. The van der Waals surface area contributed by atoms with E-state index in [1.807, 2.05) is 31.4 Å². The van der Waals surface area contributed by atoms with Gasteiger partial charge in [-0.3, -0.25) is 9.59 Å². The molecular weight excluding hydrogens is 608 g/mol. The topological polar surface area (TPSA) is 178 Å². The number of aliphatic hydroxyl groups excluding tert-OH is 4. The molecule has 3 rings (SSSR count). The summed E-state index contributed by atoms with van der Waals surface area (Å²) in [7, 11) is 2.95. The van der Waals surface area contributed by atoms with Crippen molar-refractivity contribution in [2.75, 3.05) is 18.5 Å². The minimum Gasteiger partial charge on any atom is -0.463 e. The lowest BCUT2D eigenvalue weighted by molar-refractivity contribution is -0.187. The van der Waals surface area contributed by atoms with Crippen molar-refractivity contribution in [1.29, 1.82) is 0 Å². The highest BCUT2D eigenvalue weighted by Crippen LogP contribution is 2.35. The van der Waals surface area contributed by atoms with Crippen molar-refractivity contribution in [1.82, 2.24) is 4.98 Å². The SMILES string of the molecule is CCC(O)C(C)/C=C/CC1COC(C(O)/C(C)=C/C(=O)OCCCCCCCC(=O)Nc2c3sscc-3[nH]c2=O)C(O)C1O. The number of allylic oxidation sites excluding steroid dienone is 1. The molecule has 0 aromatic heterocycles. The fourth-order valence-electron chi connectivity index (χ4n) is 5.11. The Balaban J connectivity index is 1.29. The number of nitrogens with one attached hydrogen (secondary N) is 2. The summed E-state index contributed by atoms with van der Waals surface area (Å²) in [5.41, 5.74) is 1.04. The first-order valence-corrected chi connectivity index (χ1v) is 17.5. The zero-order valence-corrected chi connectivity index (χ0v) is 27.2. The van der Waals surface area contributed by atoms with E-state index in [9.17, 15) is 34.8 Å². The lowest BCUT2D eigenvalue weighted by atomic mass is 9.86. The van der Waals surface area contributed by atoms with Crippen LogP contribution in [0, 0.1) is 11.8 Å². The van der Waals surface area contributed by atoms with E-state index in [1.54, 1.807) is 0 Å². The molecule has 0 aromatic rings. The maximum atomic E-state index is 12.3. The number of carbonyl (C=O) groups excluding carboxylic acids is 2. The summed E-state index contributed by atoms with van der Waals surface area (Å²) in [5.74, 6) is -1.19. The largest absolute Gasteiger partial charge is 0.463 e. The number of amides is 1. The summed E-state index contributed by atoms with van der Waals surface area (Å²) >= 11 is 0. The fraction of sp³-hybridized carbons (Fsp3) is 0.645. The van der Waals surface area contributed by atoms with E-state index < -0.39 is 36.5 Å². The summed E-state index contributed by atoms with van der Waals surface area (Å²) in [6.45, 7) is 5.69. The van der Waals surface area contributed by atoms with Gasteiger partial charge in [-0.2, -0.15) is 0 Å². The van der Waals surface area contributed by atoms with Gasteiger partial charge < -0.3 is 40.2 Å². The van der Waals surface area contributed by atoms with Gasteiger partial charge in [0.1, 0.15) is 24.0 Å². The monoisotopic (exact) mass is 654 g/mol. The van der Waals surface area contributed by atoms with Gasteiger partial charge in [0, 0.05) is 23.8 Å². The normalized spacial score (nSPS) is 23.1. The van der Waals surface area contributed by atoms with Crippen LogP contribution in [-0.4, -0.2) is 81.0 Å². The average Bonchev–Trinajstić information content (AvgIpc) is 3.57. The standard InChI is InChI=1S/C31H46N2O9S2/c1-4-22(34)18(2)11-10-12-20-16-42-29(28(39)27(20)38)26(37)19(3)15-24(36)41-14-9-7-5-6-8-13-23(35)33-25-30-21(17-43-44-30)32-31(25)40/h10-11,15,17-18,20,22,26-29,34,37-39H,4-9,12-14,16H2,1-3H3,(H,32,40)(H,33,35)/b11-10+,19-15+. The summed E-state index contributed by atoms with van der Waals surface area (Å²) in [4.78, 5) is 40.0. The number of hydrogen-bond acceptors (Lipinski definition) is 11. The first-order chi connectivity index (χ1) is 21.0. The number of esters is 1. The Hall–Kier alpha value is -2.39. The van der Waals surface area contributed by atoms with Crippen LogP contribution in [0.15, 0.2) is 34.0 Å². The van der Waals surface area contributed by atoms with Crippen LogP contribution in [-0.2, 0) is 19.1 Å². The van der Waals surface area contributed by atoms with Crippen molar-refractivity contribution < 1.29 is 39.5 Å². The molecule has 3 aliphatic heterocycles. The summed E-state index contributed by atoms with van der Waals surface area (Å²) in [6.07, 6.45) is 4.90. The Kier molecular flexibility index (Phi) is 14.7. The second-order valence-corrected chi connectivity index (χ2v) is 13.6. The number of aliphatic hydroxyl groups is 4. The summed E-state index contributed by atoms with van der Waals surface area (Å²) in [6, 6.07) is 0. The highest BCUT2D eigenvalue weighted by atomic mass is 32.9. The maximum Gasteiger partial charge on any atom is 0.330 e. The molecule has 246 valence electrons. The Morgan fingerprint density at radius 1 is 1.18 bits per heavy atom. The second-order valence-electron chi connectivity index (χ2n) is 11.5. The third kappa shape index (κ3) is 10.3. The van der Waals surface area contributed by atoms with E-state index >= 15 is 0 Å². The number of aromatic amines is 1. The van der Waals surface area contributed by atoms with Gasteiger partial charge in [0.15, 0.2) is 0 Å². The quantitative estimate of drug-likeness (QED) is 0.0486. The molecule has 0 saturated carbocycles. The van der Waals surface area contributed by atoms with Crippen molar-refractivity contribution in [2.24, 2.45) is 11.8 Å². The summed E-state index contributed by atoms with van der Waals surface area (Å²) in [5, 5.41) is 46.4. The zero-order chi connectivity index (χ0) is 32.2. The second kappa shape index (κ2) is 17.9.